The zero-order valence-electron chi connectivity index (χ0n) is 17.9. The quantitative estimate of drug-likeness (QED) is 0.149. The Labute approximate surface area is 218 Å². The number of halogens is 8. The first kappa shape index (κ1) is 26.8. The summed E-state index contributed by atoms with van der Waals surface area (Å²) in [5.74, 6) is -0.512. The van der Waals surface area contributed by atoms with Crippen molar-refractivity contribution in [1.29, 1.82) is 0 Å². The molecule has 4 aromatic rings. The molecule has 0 radical (unpaired) electrons. The van der Waals surface area contributed by atoms with Gasteiger partial charge in [-0.15, -0.1) is 11.3 Å². The molecule has 1 heterocycles. The van der Waals surface area contributed by atoms with E-state index in [0.29, 0.717) is 44.0 Å². The summed E-state index contributed by atoms with van der Waals surface area (Å²) in [5, 5.41) is 11.8. The summed E-state index contributed by atoms with van der Waals surface area (Å²) < 4.78 is 85.0. The van der Waals surface area contributed by atoms with Gasteiger partial charge in [-0.25, -0.2) is 9.78 Å². The smallest absolute Gasteiger partial charge is 0.449 e. The van der Waals surface area contributed by atoms with Gasteiger partial charge in [0, 0.05) is 22.1 Å². The predicted molar refractivity (Wildman–Crippen MR) is 127 cm³/mol. The van der Waals surface area contributed by atoms with E-state index < -0.39 is 40.9 Å². The van der Waals surface area contributed by atoms with Gasteiger partial charge in [0.1, 0.15) is 10.8 Å². The summed E-state index contributed by atoms with van der Waals surface area (Å²) in [6.07, 6.45) is -12.0. The molecule has 0 amide bonds. The largest absolute Gasteiger partial charge is 0.511 e. The maximum absolute atomic E-state index is 13.7. The maximum atomic E-state index is 13.7. The maximum Gasteiger partial charge on any atom is 0.511 e. The molecule has 0 unspecified atom stereocenters. The van der Waals surface area contributed by atoms with E-state index in [2.05, 4.69) is 4.98 Å². The number of nitrogens with zero attached hydrogens (tertiary/aromatic N) is 1. The second-order valence-electron chi connectivity index (χ2n) is 7.50. The lowest BCUT2D eigenvalue weighted by Gasteiger charge is -2.18. The molecule has 0 atom stereocenters. The van der Waals surface area contributed by atoms with Gasteiger partial charge < -0.3 is 9.84 Å². The van der Waals surface area contributed by atoms with Crippen LogP contribution >= 0.6 is 34.5 Å². The first-order chi connectivity index (χ1) is 17.2. The Morgan fingerprint density at radius 1 is 0.838 bits per heavy atom. The van der Waals surface area contributed by atoms with Crippen LogP contribution in [0.3, 0.4) is 0 Å². The summed E-state index contributed by atoms with van der Waals surface area (Å²) >= 11 is 13.1. The van der Waals surface area contributed by atoms with Gasteiger partial charge in [0.2, 0.25) is 0 Å². The molecule has 13 heteroatoms. The van der Waals surface area contributed by atoms with Crippen molar-refractivity contribution in [3.63, 3.8) is 0 Å². The lowest BCUT2D eigenvalue weighted by Crippen LogP contribution is -2.12. The normalized spacial score (nSPS) is 12.0. The predicted octanol–water partition coefficient (Wildman–Crippen LogP) is 9.55. The highest BCUT2D eigenvalue weighted by Gasteiger charge is 2.39. The number of aromatic nitrogens is 1. The Bertz CT molecular complexity index is 1500. The van der Waals surface area contributed by atoms with Gasteiger partial charge in [-0.1, -0.05) is 41.4 Å². The molecular weight excluding hydrogens is 567 g/mol. The van der Waals surface area contributed by atoms with Crippen molar-refractivity contribution in [1.82, 2.24) is 4.98 Å². The van der Waals surface area contributed by atoms with Gasteiger partial charge in [-0.05, 0) is 42.0 Å². The highest BCUT2D eigenvalue weighted by molar-refractivity contribution is 7.13. The molecule has 0 aliphatic rings. The summed E-state index contributed by atoms with van der Waals surface area (Å²) in [6.45, 7) is 0. The van der Waals surface area contributed by atoms with E-state index in [-0.39, 0.29) is 11.6 Å². The van der Waals surface area contributed by atoms with Crippen molar-refractivity contribution in [3.8, 4) is 38.7 Å². The molecule has 4 rings (SSSR count). The van der Waals surface area contributed by atoms with Gasteiger partial charge in [-0.2, -0.15) is 26.3 Å². The number of carboxylic acid groups (broad SMARTS) is 1. The fourth-order valence-electron chi connectivity index (χ4n) is 3.44. The van der Waals surface area contributed by atoms with E-state index in [4.69, 9.17) is 33.0 Å². The van der Waals surface area contributed by atoms with Crippen LogP contribution in [0.1, 0.15) is 11.1 Å². The van der Waals surface area contributed by atoms with Crippen molar-refractivity contribution < 1.29 is 41.0 Å². The van der Waals surface area contributed by atoms with Gasteiger partial charge in [-0.3, -0.25) is 0 Å². The van der Waals surface area contributed by atoms with E-state index in [9.17, 15) is 31.1 Å². The van der Waals surface area contributed by atoms with E-state index in [1.807, 2.05) is 0 Å². The monoisotopic (exact) mass is 577 g/mol. The third kappa shape index (κ3) is 5.84. The molecule has 4 nitrogen and oxygen atoms in total. The van der Waals surface area contributed by atoms with E-state index >= 15 is 0 Å². The van der Waals surface area contributed by atoms with Crippen LogP contribution in [0.15, 0.2) is 60.0 Å². The average molecular weight is 578 g/mol. The molecule has 0 saturated carbocycles. The molecule has 192 valence electrons. The summed E-state index contributed by atoms with van der Waals surface area (Å²) in [4.78, 5) is 15.7. The van der Waals surface area contributed by atoms with Gasteiger partial charge >= 0.3 is 18.5 Å². The summed E-state index contributed by atoms with van der Waals surface area (Å²) in [6, 6.07) is 9.57. The van der Waals surface area contributed by atoms with Crippen LogP contribution in [0.4, 0.5) is 31.1 Å². The third-order valence-corrected chi connectivity index (χ3v) is 6.72. The fourth-order valence-corrected chi connectivity index (χ4v) is 4.56. The van der Waals surface area contributed by atoms with Crippen LogP contribution in [0.25, 0.3) is 33.0 Å². The molecule has 0 saturated heterocycles. The zero-order valence-corrected chi connectivity index (χ0v) is 20.2. The lowest BCUT2D eigenvalue weighted by atomic mass is 9.95. The average Bonchev–Trinajstić information content (AvgIpc) is 3.29. The van der Waals surface area contributed by atoms with Crippen LogP contribution in [0, 0.1) is 0 Å². The Balaban J connectivity index is 1.82. The van der Waals surface area contributed by atoms with Crippen molar-refractivity contribution in [2.45, 2.75) is 12.4 Å². The van der Waals surface area contributed by atoms with Gasteiger partial charge in [0.05, 0.1) is 26.9 Å². The number of alkyl halides is 6. The third-order valence-electron chi connectivity index (χ3n) is 5.09. The van der Waals surface area contributed by atoms with Crippen LogP contribution in [-0.4, -0.2) is 16.2 Å². The lowest BCUT2D eigenvalue weighted by molar-refractivity contribution is -0.142. The molecular formula is C24H11Cl2F6NO3S. The molecule has 0 bridgehead atoms. The van der Waals surface area contributed by atoms with Crippen LogP contribution < -0.4 is 4.74 Å². The van der Waals surface area contributed by atoms with Crippen molar-refractivity contribution in [2.75, 3.05) is 0 Å². The highest BCUT2D eigenvalue weighted by Crippen LogP contribution is 2.44. The topological polar surface area (TPSA) is 59.4 Å². The van der Waals surface area contributed by atoms with Gasteiger partial charge in [0.15, 0.2) is 0 Å². The van der Waals surface area contributed by atoms with Crippen LogP contribution in [0.5, 0.6) is 5.75 Å². The minimum Gasteiger partial charge on any atom is -0.449 e. The number of benzene rings is 3. The zero-order chi connectivity index (χ0) is 27.1. The SMILES string of the molecule is O=C(O)Oc1cc(-c2nc(-c3ccc(Cl)c(Cl)c3)cs2)ccc1-c1ccc(C(F)(F)F)cc1C(F)(F)F. The number of ether oxygens (including phenoxy) is 1. The standard InChI is InChI=1S/C24H11Cl2F6NO3S/c25-17-6-2-11(7-18(17)26)19-10-37-21(33-19)12-1-4-15(20(8-12)36-22(34)35)14-5-3-13(23(27,28)29)9-16(14)24(30,31)32/h1-10H,(H,34,35). The Morgan fingerprint density at radius 2 is 1.51 bits per heavy atom. The summed E-state index contributed by atoms with van der Waals surface area (Å²) in [5.41, 5.74) is -2.70. The molecule has 0 aliphatic heterocycles. The minimum absolute atomic E-state index is 0.0296. The first-order valence-electron chi connectivity index (χ1n) is 9.99. The number of hydrogen-bond acceptors (Lipinski definition) is 4. The van der Waals surface area contributed by atoms with Crippen molar-refractivity contribution >= 4 is 40.7 Å². The first-order valence-corrected chi connectivity index (χ1v) is 11.6. The van der Waals surface area contributed by atoms with Crippen molar-refractivity contribution in [3.05, 3.63) is 81.1 Å². The number of hydrogen-bond donors (Lipinski definition) is 1. The number of rotatable bonds is 4. The second-order valence-corrected chi connectivity index (χ2v) is 9.17. The Hall–Kier alpha value is -3.28. The van der Waals surface area contributed by atoms with E-state index in [0.717, 1.165) is 23.5 Å². The molecule has 0 spiro atoms. The van der Waals surface area contributed by atoms with E-state index in [1.54, 1.807) is 23.6 Å². The molecule has 0 aliphatic carbocycles. The minimum atomic E-state index is -5.17. The van der Waals surface area contributed by atoms with Crippen LogP contribution in [-0.2, 0) is 12.4 Å². The molecule has 37 heavy (non-hydrogen) atoms. The van der Waals surface area contributed by atoms with E-state index in [1.165, 1.54) is 6.07 Å². The van der Waals surface area contributed by atoms with Crippen molar-refractivity contribution in [2.24, 2.45) is 0 Å². The molecule has 1 N–H and O–H groups in total. The molecule has 0 fully saturated rings. The van der Waals surface area contributed by atoms with Crippen LogP contribution in [0.2, 0.25) is 10.0 Å². The highest BCUT2D eigenvalue weighted by atomic mass is 35.5. The number of thiazole rings is 1. The summed E-state index contributed by atoms with van der Waals surface area (Å²) in [7, 11) is 0. The Kier molecular flexibility index (Phi) is 7.15. The van der Waals surface area contributed by atoms with Gasteiger partial charge in [0.25, 0.3) is 0 Å². The Morgan fingerprint density at radius 3 is 2.14 bits per heavy atom. The molecule has 1 aromatic heterocycles. The fraction of sp³-hybridized carbons (Fsp3) is 0.0833. The second kappa shape index (κ2) is 9.88. The molecule has 3 aromatic carbocycles. The number of carbonyl (C=O) groups is 1.